The molecule has 0 spiro atoms. The van der Waals surface area contributed by atoms with Gasteiger partial charge in [0.1, 0.15) is 5.82 Å². The van der Waals surface area contributed by atoms with Crippen LogP contribution in [0.1, 0.15) is 5.56 Å². The molecule has 2 rings (SSSR count). The van der Waals surface area contributed by atoms with Crippen LogP contribution < -0.4 is 10.6 Å². The number of anilines is 1. The summed E-state index contributed by atoms with van der Waals surface area (Å²) in [7, 11) is 1.99. The summed E-state index contributed by atoms with van der Waals surface area (Å²) in [6.45, 7) is 0.558. The molecule has 0 amide bonds. The fourth-order valence-corrected chi connectivity index (χ4v) is 2.15. The van der Waals surface area contributed by atoms with Crippen molar-refractivity contribution in [3.8, 4) is 0 Å². The minimum atomic E-state index is -0.218. The normalized spacial score (nSPS) is 12.2. The molecule has 100 valence electrons. The van der Waals surface area contributed by atoms with E-state index in [1.54, 1.807) is 12.1 Å². The molecule has 0 bridgehead atoms. The van der Waals surface area contributed by atoms with Gasteiger partial charge in [-0.1, -0.05) is 30.3 Å². The summed E-state index contributed by atoms with van der Waals surface area (Å²) >= 11 is 0. The molecule has 1 unspecified atom stereocenters. The van der Waals surface area contributed by atoms with Gasteiger partial charge in [-0.2, -0.15) is 0 Å². The molecule has 0 aliphatic rings. The van der Waals surface area contributed by atoms with Crippen LogP contribution in [0.5, 0.6) is 0 Å². The van der Waals surface area contributed by atoms with Crippen LogP contribution in [0.3, 0.4) is 0 Å². The second-order valence-electron chi connectivity index (χ2n) is 4.67. The molecule has 0 saturated carbocycles. The SMILES string of the molecule is CN(c1ccc(F)cc1)C(CN)Cc1ccccc1. The van der Waals surface area contributed by atoms with E-state index in [2.05, 4.69) is 17.0 Å². The number of hydrogen-bond donors (Lipinski definition) is 1. The Morgan fingerprint density at radius 1 is 1.05 bits per heavy atom. The van der Waals surface area contributed by atoms with Crippen LogP contribution >= 0.6 is 0 Å². The van der Waals surface area contributed by atoms with Crippen molar-refractivity contribution in [2.75, 3.05) is 18.5 Å². The molecule has 1 atom stereocenters. The Balaban J connectivity index is 2.11. The highest BCUT2D eigenvalue weighted by molar-refractivity contribution is 5.47. The van der Waals surface area contributed by atoms with Crippen LogP contribution in [0.4, 0.5) is 10.1 Å². The molecular formula is C16H19FN2. The number of nitrogens with two attached hydrogens (primary N) is 1. The minimum absolute atomic E-state index is 0.202. The Kier molecular flexibility index (Phi) is 4.53. The topological polar surface area (TPSA) is 29.3 Å². The van der Waals surface area contributed by atoms with Crippen LogP contribution in [-0.4, -0.2) is 19.6 Å². The molecule has 0 aliphatic carbocycles. The molecule has 0 radical (unpaired) electrons. The van der Waals surface area contributed by atoms with Crippen molar-refractivity contribution in [1.29, 1.82) is 0 Å². The molecule has 0 fully saturated rings. The second kappa shape index (κ2) is 6.34. The van der Waals surface area contributed by atoms with E-state index in [1.807, 2.05) is 25.2 Å². The number of halogens is 1. The average molecular weight is 258 g/mol. The number of hydrogen-bond acceptors (Lipinski definition) is 2. The predicted octanol–water partition coefficient (Wildman–Crippen LogP) is 2.83. The van der Waals surface area contributed by atoms with Gasteiger partial charge in [-0.25, -0.2) is 4.39 Å². The van der Waals surface area contributed by atoms with E-state index in [0.717, 1.165) is 12.1 Å². The lowest BCUT2D eigenvalue weighted by Gasteiger charge is -2.29. The molecule has 0 aromatic heterocycles. The van der Waals surface area contributed by atoms with Gasteiger partial charge in [0.2, 0.25) is 0 Å². The minimum Gasteiger partial charge on any atom is -0.370 e. The van der Waals surface area contributed by atoms with Gasteiger partial charge in [-0.15, -0.1) is 0 Å². The van der Waals surface area contributed by atoms with Crippen LogP contribution in [0.2, 0.25) is 0 Å². The van der Waals surface area contributed by atoms with Crippen molar-refractivity contribution < 1.29 is 4.39 Å². The molecule has 0 heterocycles. The van der Waals surface area contributed by atoms with Crippen molar-refractivity contribution in [2.24, 2.45) is 5.73 Å². The third-order valence-corrected chi connectivity index (χ3v) is 3.37. The zero-order valence-electron chi connectivity index (χ0n) is 11.1. The van der Waals surface area contributed by atoms with Gasteiger partial charge in [0, 0.05) is 25.3 Å². The van der Waals surface area contributed by atoms with E-state index < -0.39 is 0 Å². The van der Waals surface area contributed by atoms with E-state index in [-0.39, 0.29) is 11.9 Å². The van der Waals surface area contributed by atoms with Crippen LogP contribution in [0, 0.1) is 5.82 Å². The molecule has 0 aliphatic heterocycles. The summed E-state index contributed by atoms with van der Waals surface area (Å²) in [5.74, 6) is -0.218. The highest BCUT2D eigenvalue weighted by Crippen LogP contribution is 2.17. The average Bonchev–Trinajstić information content (AvgIpc) is 2.46. The van der Waals surface area contributed by atoms with E-state index in [4.69, 9.17) is 5.73 Å². The standard InChI is InChI=1S/C16H19FN2/c1-19(15-9-7-14(17)8-10-15)16(12-18)11-13-5-3-2-4-6-13/h2-10,16H,11-12,18H2,1H3. The van der Waals surface area contributed by atoms with E-state index in [9.17, 15) is 4.39 Å². The first-order chi connectivity index (χ1) is 9.20. The Labute approximate surface area is 113 Å². The second-order valence-corrected chi connectivity index (χ2v) is 4.67. The lowest BCUT2D eigenvalue weighted by molar-refractivity contribution is 0.621. The Hall–Kier alpha value is -1.87. The number of likely N-dealkylation sites (N-methyl/N-ethyl adjacent to an activating group) is 1. The van der Waals surface area contributed by atoms with Crippen LogP contribution in [-0.2, 0) is 6.42 Å². The molecule has 2 aromatic rings. The quantitative estimate of drug-likeness (QED) is 0.893. The van der Waals surface area contributed by atoms with E-state index in [0.29, 0.717) is 6.54 Å². The summed E-state index contributed by atoms with van der Waals surface area (Å²) < 4.78 is 12.9. The molecule has 2 N–H and O–H groups in total. The Morgan fingerprint density at radius 3 is 2.26 bits per heavy atom. The molecule has 0 saturated heterocycles. The van der Waals surface area contributed by atoms with Crippen molar-refractivity contribution in [2.45, 2.75) is 12.5 Å². The van der Waals surface area contributed by atoms with Crippen molar-refractivity contribution in [1.82, 2.24) is 0 Å². The van der Waals surface area contributed by atoms with Crippen LogP contribution in [0.25, 0.3) is 0 Å². The maximum Gasteiger partial charge on any atom is 0.123 e. The summed E-state index contributed by atoms with van der Waals surface area (Å²) in [6.07, 6.45) is 0.880. The zero-order chi connectivity index (χ0) is 13.7. The Bertz CT molecular complexity index is 496. The maximum absolute atomic E-state index is 12.9. The third kappa shape index (κ3) is 3.55. The number of rotatable bonds is 5. The highest BCUT2D eigenvalue weighted by Gasteiger charge is 2.14. The third-order valence-electron chi connectivity index (χ3n) is 3.37. The summed E-state index contributed by atoms with van der Waals surface area (Å²) in [4.78, 5) is 2.10. The van der Waals surface area contributed by atoms with Gasteiger partial charge in [0.15, 0.2) is 0 Å². The van der Waals surface area contributed by atoms with Crippen molar-refractivity contribution in [3.05, 3.63) is 66.0 Å². The van der Waals surface area contributed by atoms with Gasteiger partial charge in [0.25, 0.3) is 0 Å². The maximum atomic E-state index is 12.9. The van der Waals surface area contributed by atoms with Gasteiger partial charge in [-0.05, 0) is 36.2 Å². The first-order valence-corrected chi connectivity index (χ1v) is 6.43. The largest absolute Gasteiger partial charge is 0.370 e. The molecular weight excluding hydrogens is 239 g/mol. The fourth-order valence-electron chi connectivity index (χ4n) is 2.15. The first kappa shape index (κ1) is 13.6. The molecule has 3 heteroatoms. The van der Waals surface area contributed by atoms with Gasteiger partial charge >= 0.3 is 0 Å². The molecule has 19 heavy (non-hydrogen) atoms. The van der Waals surface area contributed by atoms with Gasteiger partial charge < -0.3 is 10.6 Å². The predicted molar refractivity (Wildman–Crippen MR) is 77.8 cm³/mol. The molecule has 2 aromatic carbocycles. The smallest absolute Gasteiger partial charge is 0.123 e. The highest BCUT2D eigenvalue weighted by atomic mass is 19.1. The zero-order valence-corrected chi connectivity index (χ0v) is 11.1. The summed E-state index contributed by atoms with van der Waals surface area (Å²) in [6, 6.07) is 17.0. The first-order valence-electron chi connectivity index (χ1n) is 6.43. The summed E-state index contributed by atoms with van der Waals surface area (Å²) in [5.41, 5.74) is 8.11. The lowest BCUT2D eigenvalue weighted by atomic mass is 10.0. The number of benzene rings is 2. The van der Waals surface area contributed by atoms with E-state index >= 15 is 0 Å². The van der Waals surface area contributed by atoms with Gasteiger partial charge in [0.05, 0.1) is 0 Å². The van der Waals surface area contributed by atoms with Gasteiger partial charge in [-0.3, -0.25) is 0 Å². The summed E-state index contributed by atoms with van der Waals surface area (Å²) in [5, 5.41) is 0. The van der Waals surface area contributed by atoms with Crippen molar-refractivity contribution >= 4 is 5.69 Å². The lowest BCUT2D eigenvalue weighted by Crippen LogP contribution is -2.39. The van der Waals surface area contributed by atoms with Crippen LogP contribution in [0.15, 0.2) is 54.6 Å². The van der Waals surface area contributed by atoms with E-state index in [1.165, 1.54) is 17.7 Å². The fraction of sp³-hybridized carbons (Fsp3) is 0.250. The molecule has 2 nitrogen and oxygen atoms in total. The van der Waals surface area contributed by atoms with Crippen molar-refractivity contribution in [3.63, 3.8) is 0 Å². The number of nitrogens with zero attached hydrogens (tertiary/aromatic N) is 1. The Morgan fingerprint density at radius 2 is 1.68 bits per heavy atom. The monoisotopic (exact) mass is 258 g/mol.